The van der Waals surface area contributed by atoms with E-state index in [1.54, 1.807) is 32.9 Å². The summed E-state index contributed by atoms with van der Waals surface area (Å²) in [5.74, 6) is -0.206. The summed E-state index contributed by atoms with van der Waals surface area (Å²) in [4.78, 5) is 12.0. The van der Waals surface area contributed by atoms with Crippen LogP contribution < -0.4 is 15.4 Å². The first-order valence-corrected chi connectivity index (χ1v) is 8.78. The van der Waals surface area contributed by atoms with Crippen LogP contribution in [-0.4, -0.2) is 26.0 Å². The lowest BCUT2D eigenvalue weighted by Gasteiger charge is -2.18. The summed E-state index contributed by atoms with van der Waals surface area (Å²) in [6.07, 6.45) is 1.46. The van der Waals surface area contributed by atoms with Gasteiger partial charge < -0.3 is 10.6 Å². The summed E-state index contributed by atoms with van der Waals surface area (Å²) in [6.45, 7) is 8.95. The molecule has 0 saturated heterocycles. The minimum Gasteiger partial charge on any atom is -0.332 e. The van der Waals surface area contributed by atoms with Gasteiger partial charge in [0.25, 0.3) is 0 Å². The van der Waals surface area contributed by atoms with Gasteiger partial charge in [-0.25, -0.2) is 13.1 Å². The maximum absolute atomic E-state index is 11.9. The average molecular weight is 355 g/mol. The highest BCUT2D eigenvalue weighted by Gasteiger charge is 2.22. The van der Waals surface area contributed by atoms with Crippen molar-refractivity contribution in [2.24, 2.45) is 5.41 Å². The van der Waals surface area contributed by atoms with Gasteiger partial charge in [-0.15, -0.1) is 6.58 Å². The summed E-state index contributed by atoms with van der Waals surface area (Å²) in [5.41, 5.74) is 0.0208. The van der Waals surface area contributed by atoms with Crippen LogP contribution >= 0.6 is 12.2 Å². The molecule has 1 amide bonds. The smallest absolute Gasteiger partial charge is 0.240 e. The number of anilines is 1. The van der Waals surface area contributed by atoms with Gasteiger partial charge in [-0.05, 0) is 36.5 Å². The number of thiocarbonyl (C=S) groups is 1. The van der Waals surface area contributed by atoms with Crippen molar-refractivity contribution >= 4 is 38.9 Å². The van der Waals surface area contributed by atoms with Crippen LogP contribution in [0.15, 0.2) is 41.8 Å². The van der Waals surface area contributed by atoms with E-state index in [4.69, 9.17) is 12.2 Å². The van der Waals surface area contributed by atoms with E-state index in [0.717, 1.165) is 0 Å². The molecule has 0 spiro atoms. The fourth-order valence-corrected chi connectivity index (χ4v) is 2.63. The standard InChI is InChI=1S/C15H21N3O3S2/c1-5-10-16-23(20,21)12-8-6-11(7-9-12)17-14(22)18-13(19)15(2,3)4/h5-9,16H,1,10H2,2-4H3,(H2,17,18,19,22). The molecule has 126 valence electrons. The van der Waals surface area contributed by atoms with Crippen LogP contribution in [0.4, 0.5) is 5.69 Å². The summed E-state index contributed by atoms with van der Waals surface area (Å²) < 4.78 is 26.2. The lowest BCUT2D eigenvalue weighted by Crippen LogP contribution is -2.41. The minimum absolute atomic E-state index is 0.134. The second-order valence-electron chi connectivity index (χ2n) is 5.82. The SMILES string of the molecule is C=CCNS(=O)(=O)c1ccc(NC(=S)NC(=O)C(C)(C)C)cc1. The third kappa shape index (κ3) is 6.09. The molecule has 0 heterocycles. The van der Waals surface area contributed by atoms with Gasteiger partial charge in [0.05, 0.1) is 4.90 Å². The maximum atomic E-state index is 11.9. The fraction of sp³-hybridized carbons (Fsp3) is 0.333. The summed E-state index contributed by atoms with van der Waals surface area (Å²) >= 11 is 5.06. The van der Waals surface area contributed by atoms with Crippen LogP contribution in [0.1, 0.15) is 20.8 Å². The molecular weight excluding hydrogens is 334 g/mol. The van der Waals surface area contributed by atoms with E-state index >= 15 is 0 Å². The van der Waals surface area contributed by atoms with E-state index in [-0.39, 0.29) is 22.5 Å². The van der Waals surface area contributed by atoms with Crippen LogP contribution in [0, 0.1) is 5.41 Å². The van der Waals surface area contributed by atoms with E-state index in [1.807, 2.05) is 0 Å². The average Bonchev–Trinajstić information content (AvgIpc) is 2.44. The highest BCUT2D eigenvalue weighted by atomic mass is 32.2. The zero-order valence-electron chi connectivity index (χ0n) is 13.3. The first-order valence-electron chi connectivity index (χ1n) is 6.89. The number of rotatable bonds is 5. The molecule has 0 aliphatic carbocycles. The molecule has 0 fully saturated rings. The minimum atomic E-state index is -3.56. The molecule has 23 heavy (non-hydrogen) atoms. The third-order valence-corrected chi connectivity index (χ3v) is 4.39. The number of hydrogen-bond acceptors (Lipinski definition) is 4. The second kappa shape index (κ2) is 7.67. The van der Waals surface area contributed by atoms with Gasteiger partial charge in [0.2, 0.25) is 15.9 Å². The van der Waals surface area contributed by atoms with Crippen LogP contribution in [0.5, 0.6) is 0 Å². The summed E-state index contributed by atoms with van der Waals surface area (Å²) in [5, 5.41) is 5.57. The van der Waals surface area contributed by atoms with Crippen LogP contribution in [0.2, 0.25) is 0 Å². The van der Waals surface area contributed by atoms with E-state index in [1.165, 1.54) is 18.2 Å². The van der Waals surface area contributed by atoms with E-state index in [9.17, 15) is 13.2 Å². The zero-order chi connectivity index (χ0) is 17.7. The fourth-order valence-electron chi connectivity index (χ4n) is 1.42. The Bertz CT molecular complexity index is 690. The monoisotopic (exact) mass is 355 g/mol. The molecule has 0 aliphatic heterocycles. The molecule has 0 bridgehead atoms. The Morgan fingerprint density at radius 1 is 1.26 bits per heavy atom. The zero-order valence-corrected chi connectivity index (χ0v) is 15.0. The Labute approximate surface area is 142 Å². The summed E-state index contributed by atoms with van der Waals surface area (Å²) in [6, 6.07) is 6.03. The van der Waals surface area contributed by atoms with Crippen molar-refractivity contribution in [3.63, 3.8) is 0 Å². The predicted molar refractivity (Wildman–Crippen MR) is 95.6 cm³/mol. The topological polar surface area (TPSA) is 87.3 Å². The Balaban J connectivity index is 2.73. The van der Waals surface area contributed by atoms with Crippen molar-refractivity contribution < 1.29 is 13.2 Å². The van der Waals surface area contributed by atoms with Gasteiger partial charge >= 0.3 is 0 Å². The van der Waals surface area contributed by atoms with Crippen LogP contribution in [-0.2, 0) is 14.8 Å². The molecule has 0 atom stereocenters. The van der Waals surface area contributed by atoms with Gasteiger partial charge in [-0.1, -0.05) is 26.8 Å². The number of nitrogens with one attached hydrogen (secondary N) is 3. The molecular formula is C15H21N3O3S2. The molecule has 3 N–H and O–H groups in total. The lowest BCUT2D eigenvalue weighted by molar-refractivity contribution is -0.126. The van der Waals surface area contributed by atoms with Crippen molar-refractivity contribution in [2.45, 2.75) is 25.7 Å². The molecule has 0 saturated carbocycles. The van der Waals surface area contributed by atoms with Gasteiger partial charge in [0.15, 0.2) is 5.11 Å². The van der Waals surface area contributed by atoms with Gasteiger partial charge in [-0.3, -0.25) is 4.79 Å². The van der Waals surface area contributed by atoms with Gasteiger partial charge in [0.1, 0.15) is 0 Å². The van der Waals surface area contributed by atoms with E-state index in [0.29, 0.717) is 5.69 Å². The molecule has 1 rings (SSSR count). The van der Waals surface area contributed by atoms with E-state index in [2.05, 4.69) is 21.9 Å². The quantitative estimate of drug-likeness (QED) is 0.555. The molecule has 0 radical (unpaired) electrons. The maximum Gasteiger partial charge on any atom is 0.240 e. The Morgan fingerprint density at radius 2 is 1.83 bits per heavy atom. The van der Waals surface area contributed by atoms with Crippen molar-refractivity contribution in [1.29, 1.82) is 0 Å². The third-order valence-electron chi connectivity index (χ3n) is 2.75. The number of benzene rings is 1. The highest BCUT2D eigenvalue weighted by Crippen LogP contribution is 2.15. The van der Waals surface area contributed by atoms with Crippen molar-refractivity contribution in [3.8, 4) is 0 Å². The van der Waals surface area contributed by atoms with Crippen molar-refractivity contribution in [1.82, 2.24) is 10.0 Å². The summed E-state index contributed by atoms with van der Waals surface area (Å²) in [7, 11) is -3.56. The number of sulfonamides is 1. The van der Waals surface area contributed by atoms with Gasteiger partial charge in [0, 0.05) is 17.6 Å². The van der Waals surface area contributed by atoms with Crippen molar-refractivity contribution in [2.75, 3.05) is 11.9 Å². The lowest BCUT2D eigenvalue weighted by atomic mass is 9.96. The van der Waals surface area contributed by atoms with Gasteiger partial charge in [-0.2, -0.15) is 0 Å². The normalized spacial score (nSPS) is 11.6. The second-order valence-corrected chi connectivity index (χ2v) is 8.00. The molecule has 0 unspecified atom stereocenters. The Morgan fingerprint density at radius 3 is 2.30 bits per heavy atom. The highest BCUT2D eigenvalue weighted by molar-refractivity contribution is 7.89. The number of amides is 1. The molecule has 1 aromatic carbocycles. The molecule has 1 aromatic rings. The largest absolute Gasteiger partial charge is 0.332 e. The molecule has 6 nitrogen and oxygen atoms in total. The number of carbonyl (C=O) groups excluding carboxylic acids is 1. The number of hydrogen-bond donors (Lipinski definition) is 3. The Hall–Kier alpha value is -1.77. The van der Waals surface area contributed by atoms with E-state index < -0.39 is 15.4 Å². The molecule has 8 heteroatoms. The van der Waals surface area contributed by atoms with Crippen LogP contribution in [0.25, 0.3) is 0 Å². The molecule has 0 aromatic heterocycles. The predicted octanol–water partition coefficient (Wildman–Crippen LogP) is 2.01. The molecule has 0 aliphatic rings. The Kier molecular flexibility index (Phi) is 6.43. The first kappa shape index (κ1) is 19.3. The number of carbonyl (C=O) groups is 1. The first-order chi connectivity index (χ1) is 10.6. The van der Waals surface area contributed by atoms with Crippen LogP contribution in [0.3, 0.4) is 0 Å². The van der Waals surface area contributed by atoms with Crippen molar-refractivity contribution in [3.05, 3.63) is 36.9 Å².